The van der Waals surface area contributed by atoms with E-state index in [2.05, 4.69) is 0 Å². The SMILES string of the molecule is CC(C)(C)C(O)C1CCSC1=O. The highest BCUT2D eigenvalue weighted by atomic mass is 32.2. The lowest BCUT2D eigenvalue weighted by Gasteiger charge is -2.29. The van der Waals surface area contributed by atoms with E-state index < -0.39 is 6.10 Å². The minimum Gasteiger partial charge on any atom is -0.392 e. The molecule has 0 saturated carbocycles. The van der Waals surface area contributed by atoms with E-state index in [0.29, 0.717) is 0 Å². The fourth-order valence-corrected chi connectivity index (χ4v) is 2.44. The van der Waals surface area contributed by atoms with E-state index in [4.69, 9.17) is 0 Å². The smallest absolute Gasteiger partial charge is 0.194 e. The van der Waals surface area contributed by atoms with Crippen LogP contribution < -0.4 is 0 Å². The van der Waals surface area contributed by atoms with E-state index in [1.807, 2.05) is 20.8 Å². The molecule has 1 rings (SSSR count). The van der Waals surface area contributed by atoms with Crippen LogP contribution in [0.25, 0.3) is 0 Å². The Labute approximate surface area is 77.7 Å². The summed E-state index contributed by atoms with van der Waals surface area (Å²) >= 11 is 1.35. The van der Waals surface area contributed by atoms with Gasteiger partial charge >= 0.3 is 0 Å². The topological polar surface area (TPSA) is 37.3 Å². The summed E-state index contributed by atoms with van der Waals surface area (Å²) in [5.74, 6) is 0.742. The van der Waals surface area contributed by atoms with Crippen LogP contribution in [0.2, 0.25) is 0 Å². The second kappa shape index (κ2) is 3.38. The van der Waals surface area contributed by atoms with Crippen LogP contribution in [-0.4, -0.2) is 22.1 Å². The monoisotopic (exact) mass is 188 g/mol. The maximum Gasteiger partial charge on any atom is 0.194 e. The molecule has 2 unspecified atom stereocenters. The Kier molecular flexibility index (Phi) is 2.84. The maximum atomic E-state index is 11.3. The molecule has 0 aromatic rings. The summed E-state index contributed by atoms with van der Waals surface area (Å²) in [5, 5.41) is 9.99. The molecular weight excluding hydrogens is 172 g/mol. The standard InChI is InChI=1S/C9H16O2S/c1-9(2,3)7(10)6-4-5-12-8(6)11/h6-7,10H,4-5H2,1-3H3. The molecule has 1 aliphatic rings. The molecule has 0 spiro atoms. The summed E-state index contributed by atoms with van der Waals surface area (Å²) in [6.45, 7) is 5.90. The predicted molar refractivity (Wildman–Crippen MR) is 51.0 cm³/mol. The van der Waals surface area contributed by atoms with Crippen LogP contribution in [0.4, 0.5) is 0 Å². The number of carbonyl (C=O) groups excluding carboxylic acids is 1. The number of carbonyl (C=O) groups is 1. The number of aliphatic hydroxyl groups is 1. The van der Waals surface area contributed by atoms with Gasteiger partial charge in [-0.2, -0.15) is 0 Å². The molecule has 2 atom stereocenters. The first-order valence-electron chi connectivity index (χ1n) is 4.27. The van der Waals surface area contributed by atoms with Crippen LogP contribution in [0, 0.1) is 11.3 Å². The minimum atomic E-state index is -0.486. The van der Waals surface area contributed by atoms with Crippen molar-refractivity contribution in [1.82, 2.24) is 0 Å². The van der Waals surface area contributed by atoms with Gasteiger partial charge in [-0.1, -0.05) is 32.5 Å². The van der Waals surface area contributed by atoms with Gasteiger partial charge in [0.2, 0.25) is 0 Å². The van der Waals surface area contributed by atoms with Crippen molar-refractivity contribution in [2.75, 3.05) is 5.75 Å². The van der Waals surface area contributed by atoms with Crippen molar-refractivity contribution in [2.45, 2.75) is 33.3 Å². The van der Waals surface area contributed by atoms with E-state index in [-0.39, 0.29) is 16.4 Å². The van der Waals surface area contributed by atoms with Gasteiger partial charge in [-0.15, -0.1) is 0 Å². The van der Waals surface area contributed by atoms with Crippen molar-refractivity contribution in [3.8, 4) is 0 Å². The molecule has 1 aliphatic heterocycles. The Bertz CT molecular complexity index is 183. The molecule has 1 heterocycles. The Morgan fingerprint density at radius 2 is 2.17 bits per heavy atom. The quantitative estimate of drug-likeness (QED) is 0.680. The normalized spacial score (nSPS) is 27.7. The Balaban J connectivity index is 2.63. The van der Waals surface area contributed by atoms with Gasteiger partial charge in [0, 0.05) is 5.75 Å². The highest BCUT2D eigenvalue weighted by Crippen LogP contribution is 2.35. The van der Waals surface area contributed by atoms with Crippen LogP contribution in [0.3, 0.4) is 0 Å². The van der Waals surface area contributed by atoms with Crippen LogP contribution in [-0.2, 0) is 4.79 Å². The zero-order valence-corrected chi connectivity index (χ0v) is 8.65. The second-order valence-corrected chi connectivity index (χ2v) is 5.47. The number of hydrogen-bond acceptors (Lipinski definition) is 3. The van der Waals surface area contributed by atoms with Crippen LogP contribution in [0.5, 0.6) is 0 Å². The van der Waals surface area contributed by atoms with Crippen molar-refractivity contribution in [2.24, 2.45) is 11.3 Å². The van der Waals surface area contributed by atoms with E-state index >= 15 is 0 Å². The Morgan fingerprint density at radius 3 is 2.50 bits per heavy atom. The number of rotatable bonds is 1. The molecule has 0 amide bonds. The first kappa shape index (κ1) is 10.1. The Hall–Kier alpha value is -0.0200. The van der Waals surface area contributed by atoms with E-state index in [1.54, 1.807) is 0 Å². The summed E-state index contributed by atoms with van der Waals surface area (Å²) in [6, 6.07) is 0. The molecule has 3 heteroatoms. The molecule has 1 saturated heterocycles. The third-order valence-electron chi connectivity index (χ3n) is 2.24. The van der Waals surface area contributed by atoms with Crippen LogP contribution >= 0.6 is 11.8 Å². The summed E-state index contributed by atoms with van der Waals surface area (Å²) in [7, 11) is 0. The van der Waals surface area contributed by atoms with Gasteiger partial charge in [0.25, 0.3) is 0 Å². The van der Waals surface area contributed by atoms with Gasteiger partial charge < -0.3 is 5.11 Å². The molecule has 0 aromatic heterocycles. The number of hydrogen-bond donors (Lipinski definition) is 1. The fraction of sp³-hybridized carbons (Fsp3) is 0.889. The van der Waals surface area contributed by atoms with Gasteiger partial charge in [0.05, 0.1) is 12.0 Å². The van der Waals surface area contributed by atoms with E-state index in [0.717, 1.165) is 12.2 Å². The van der Waals surface area contributed by atoms with Crippen molar-refractivity contribution < 1.29 is 9.90 Å². The van der Waals surface area contributed by atoms with E-state index in [9.17, 15) is 9.90 Å². The lowest BCUT2D eigenvalue weighted by molar-refractivity contribution is -0.119. The first-order chi connectivity index (χ1) is 5.43. The molecule has 70 valence electrons. The second-order valence-electron chi connectivity index (χ2n) is 4.37. The molecule has 12 heavy (non-hydrogen) atoms. The largest absolute Gasteiger partial charge is 0.392 e. The molecule has 0 aliphatic carbocycles. The minimum absolute atomic E-state index is 0.130. The molecular formula is C9H16O2S. The van der Waals surface area contributed by atoms with E-state index in [1.165, 1.54) is 11.8 Å². The van der Waals surface area contributed by atoms with Crippen LogP contribution in [0.15, 0.2) is 0 Å². The van der Waals surface area contributed by atoms with Gasteiger partial charge in [-0.05, 0) is 11.8 Å². The third-order valence-corrected chi connectivity index (χ3v) is 3.27. The maximum absolute atomic E-state index is 11.3. The zero-order valence-electron chi connectivity index (χ0n) is 7.83. The van der Waals surface area contributed by atoms with Crippen molar-refractivity contribution in [1.29, 1.82) is 0 Å². The number of aliphatic hydroxyl groups excluding tert-OH is 1. The summed E-state index contributed by atoms with van der Waals surface area (Å²) in [6.07, 6.45) is 0.349. The first-order valence-corrected chi connectivity index (χ1v) is 5.26. The van der Waals surface area contributed by atoms with Gasteiger partial charge in [-0.3, -0.25) is 4.79 Å². The zero-order chi connectivity index (χ0) is 9.35. The highest BCUT2D eigenvalue weighted by molar-refractivity contribution is 8.14. The highest BCUT2D eigenvalue weighted by Gasteiger charge is 2.37. The van der Waals surface area contributed by atoms with Crippen molar-refractivity contribution >= 4 is 16.9 Å². The predicted octanol–water partition coefficient (Wildman–Crippen LogP) is 1.67. The molecule has 1 fully saturated rings. The summed E-state index contributed by atoms with van der Waals surface area (Å²) < 4.78 is 0. The van der Waals surface area contributed by atoms with Gasteiger partial charge in [0.1, 0.15) is 0 Å². The third kappa shape index (κ3) is 2.02. The number of thioether (sulfide) groups is 1. The van der Waals surface area contributed by atoms with Crippen LogP contribution in [0.1, 0.15) is 27.2 Å². The average Bonchev–Trinajstić information content (AvgIpc) is 2.31. The summed E-state index contributed by atoms with van der Waals surface area (Å²) in [5.41, 5.74) is -0.175. The summed E-state index contributed by atoms with van der Waals surface area (Å²) in [4.78, 5) is 11.3. The lowest BCUT2D eigenvalue weighted by atomic mass is 9.81. The van der Waals surface area contributed by atoms with Gasteiger partial charge in [-0.25, -0.2) is 0 Å². The lowest BCUT2D eigenvalue weighted by Crippen LogP contribution is -2.35. The fourth-order valence-electron chi connectivity index (χ4n) is 1.40. The molecule has 2 nitrogen and oxygen atoms in total. The molecule has 0 radical (unpaired) electrons. The van der Waals surface area contributed by atoms with Crippen molar-refractivity contribution in [3.05, 3.63) is 0 Å². The molecule has 0 bridgehead atoms. The van der Waals surface area contributed by atoms with Crippen molar-refractivity contribution in [3.63, 3.8) is 0 Å². The molecule has 0 aromatic carbocycles. The van der Waals surface area contributed by atoms with Gasteiger partial charge in [0.15, 0.2) is 5.12 Å². The average molecular weight is 188 g/mol. The molecule has 1 N–H and O–H groups in total. The Morgan fingerprint density at radius 1 is 1.58 bits per heavy atom.